The summed E-state index contributed by atoms with van der Waals surface area (Å²) in [4.78, 5) is 9.05. The fourth-order valence-corrected chi connectivity index (χ4v) is 2.64. The molecule has 6 heteroatoms. The number of aromatic nitrogens is 3. The van der Waals surface area contributed by atoms with E-state index in [-0.39, 0.29) is 5.92 Å². The lowest BCUT2D eigenvalue weighted by molar-refractivity contribution is 0.426. The third kappa shape index (κ3) is 3.74. The van der Waals surface area contributed by atoms with Gasteiger partial charge in [0, 0.05) is 23.8 Å². The molecular formula is C18H19ClN4O. The van der Waals surface area contributed by atoms with E-state index in [1.807, 2.05) is 37.3 Å². The van der Waals surface area contributed by atoms with Gasteiger partial charge >= 0.3 is 0 Å². The van der Waals surface area contributed by atoms with Crippen molar-refractivity contribution in [2.45, 2.75) is 33.2 Å². The first kappa shape index (κ1) is 16.5. The van der Waals surface area contributed by atoms with Gasteiger partial charge in [-0.2, -0.15) is 0 Å². The Morgan fingerprint density at radius 1 is 1.25 bits per heavy atom. The van der Waals surface area contributed by atoms with Crippen LogP contribution in [-0.2, 0) is 6.54 Å². The van der Waals surface area contributed by atoms with Gasteiger partial charge in [0.1, 0.15) is 0 Å². The topological polar surface area (TPSA) is 63.8 Å². The molecule has 0 atom stereocenters. The van der Waals surface area contributed by atoms with E-state index >= 15 is 0 Å². The molecule has 0 amide bonds. The van der Waals surface area contributed by atoms with Crippen molar-refractivity contribution >= 4 is 17.5 Å². The zero-order valence-electron chi connectivity index (χ0n) is 13.9. The van der Waals surface area contributed by atoms with Crippen LogP contribution in [0, 0.1) is 6.92 Å². The van der Waals surface area contributed by atoms with Crippen molar-refractivity contribution in [2.75, 3.05) is 5.32 Å². The lowest BCUT2D eigenvalue weighted by Crippen LogP contribution is -2.07. The monoisotopic (exact) mass is 342 g/mol. The zero-order valence-corrected chi connectivity index (χ0v) is 14.6. The summed E-state index contributed by atoms with van der Waals surface area (Å²) in [6.07, 6.45) is 1.78. The van der Waals surface area contributed by atoms with Crippen molar-refractivity contribution < 1.29 is 4.52 Å². The molecule has 24 heavy (non-hydrogen) atoms. The molecule has 0 unspecified atom stereocenters. The summed E-state index contributed by atoms with van der Waals surface area (Å²) in [6, 6.07) is 9.60. The van der Waals surface area contributed by atoms with Gasteiger partial charge in [-0.25, -0.2) is 9.97 Å². The second-order valence-electron chi connectivity index (χ2n) is 5.96. The molecule has 0 fully saturated rings. The summed E-state index contributed by atoms with van der Waals surface area (Å²) in [6.45, 7) is 6.69. The number of nitrogens with zero attached hydrogens (tertiary/aromatic N) is 3. The molecule has 2 heterocycles. The quantitative estimate of drug-likeness (QED) is 0.719. The molecule has 0 aliphatic carbocycles. The maximum Gasteiger partial charge on any atom is 0.223 e. The van der Waals surface area contributed by atoms with Gasteiger partial charge in [0.05, 0.1) is 17.0 Å². The number of anilines is 1. The van der Waals surface area contributed by atoms with Gasteiger partial charge in [-0.05, 0) is 30.5 Å². The normalized spacial score (nSPS) is 11.0. The molecule has 0 saturated heterocycles. The van der Waals surface area contributed by atoms with Crippen LogP contribution >= 0.6 is 11.6 Å². The molecule has 3 rings (SSSR count). The number of nitrogens with one attached hydrogen (secondary N) is 1. The van der Waals surface area contributed by atoms with Crippen molar-refractivity contribution in [2.24, 2.45) is 0 Å². The average molecular weight is 343 g/mol. The SMILES string of the molecule is Cc1cc(-c2cnc(NCc3cccc(Cl)c3)nc2C(C)C)on1. The average Bonchev–Trinajstić information content (AvgIpc) is 2.99. The highest BCUT2D eigenvalue weighted by molar-refractivity contribution is 6.30. The first-order valence-corrected chi connectivity index (χ1v) is 8.19. The molecule has 2 aromatic heterocycles. The number of halogens is 1. The van der Waals surface area contributed by atoms with E-state index in [0.717, 1.165) is 22.5 Å². The molecule has 0 aliphatic rings. The molecule has 1 aromatic carbocycles. The van der Waals surface area contributed by atoms with Gasteiger partial charge < -0.3 is 9.84 Å². The van der Waals surface area contributed by atoms with E-state index in [0.29, 0.717) is 23.3 Å². The standard InChI is InChI=1S/C18H19ClN4O/c1-11(2)17-15(16-7-12(3)23-24-16)10-21-18(22-17)20-9-13-5-4-6-14(19)8-13/h4-8,10-11H,9H2,1-3H3,(H,20,21,22). The predicted octanol–water partition coefficient (Wildman–Crippen LogP) is 4.83. The number of hydrogen-bond acceptors (Lipinski definition) is 5. The number of benzene rings is 1. The van der Waals surface area contributed by atoms with E-state index in [2.05, 4.69) is 34.3 Å². The minimum Gasteiger partial charge on any atom is -0.356 e. The van der Waals surface area contributed by atoms with Crippen molar-refractivity contribution in [3.63, 3.8) is 0 Å². The molecule has 0 bridgehead atoms. The van der Waals surface area contributed by atoms with Crippen LogP contribution in [0.1, 0.15) is 36.7 Å². The summed E-state index contributed by atoms with van der Waals surface area (Å²) >= 11 is 6.01. The summed E-state index contributed by atoms with van der Waals surface area (Å²) in [5, 5.41) is 7.90. The lowest BCUT2D eigenvalue weighted by atomic mass is 10.0. The second-order valence-corrected chi connectivity index (χ2v) is 6.40. The molecule has 3 aromatic rings. The third-order valence-corrected chi connectivity index (χ3v) is 3.83. The van der Waals surface area contributed by atoms with Gasteiger partial charge in [0.25, 0.3) is 0 Å². The summed E-state index contributed by atoms with van der Waals surface area (Å²) in [5.41, 5.74) is 3.71. The summed E-state index contributed by atoms with van der Waals surface area (Å²) in [5.74, 6) is 1.51. The van der Waals surface area contributed by atoms with Crippen LogP contribution in [0.2, 0.25) is 5.02 Å². The van der Waals surface area contributed by atoms with Crippen molar-refractivity contribution in [1.82, 2.24) is 15.1 Å². The van der Waals surface area contributed by atoms with Crippen LogP contribution in [0.15, 0.2) is 41.1 Å². The number of rotatable bonds is 5. The molecule has 0 saturated carbocycles. The van der Waals surface area contributed by atoms with Crippen molar-refractivity contribution in [3.05, 3.63) is 58.5 Å². The van der Waals surface area contributed by atoms with Gasteiger partial charge in [-0.3, -0.25) is 0 Å². The Labute approximate surface area is 146 Å². The Bertz CT molecular complexity index is 845. The summed E-state index contributed by atoms with van der Waals surface area (Å²) in [7, 11) is 0. The largest absolute Gasteiger partial charge is 0.356 e. The molecule has 5 nitrogen and oxygen atoms in total. The number of hydrogen-bond donors (Lipinski definition) is 1. The van der Waals surface area contributed by atoms with Crippen LogP contribution in [0.25, 0.3) is 11.3 Å². The highest BCUT2D eigenvalue weighted by atomic mass is 35.5. The van der Waals surface area contributed by atoms with Crippen LogP contribution in [0.5, 0.6) is 0 Å². The van der Waals surface area contributed by atoms with Gasteiger partial charge in [0.15, 0.2) is 5.76 Å². The molecule has 1 N–H and O–H groups in total. The molecule has 0 radical (unpaired) electrons. The molecular weight excluding hydrogens is 324 g/mol. The molecule has 0 aliphatic heterocycles. The van der Waals surface area contributed by atoms with Crippen LogP contribution < -0.4 is 5.32 Å². The zero-order chi connectivity index (χ0) is 17.1. The van der Waals surface area contributed by atoms with E-state index in [1.54, 1.807) is 6.20 Å². The number of aryl methyl sites for hydroxylation is 1. The first-order chi connectivity index (χ1) is 11.5. The Kier molecular flexibility index (Phi) is 4.81. The predicted molar refractivity (Wildman–Crippen MR) is 95.1 cm³/mol. The lowest BCUT2D eigenvalue weighted by Gasteiger charge is -2.12. The molecule has 124 valence electrons. The Morgan fingerprint density at radius 3 is 2.75 bits per heavy atom. The Morgan fingerprint density at radius 2 is 2.08 bits per heavy atom. The first-order valence-electron chi connectivity index (χ1n) is 7.82. The third-order valence-electron chi connectivity index (χ3n) is 3.60. The maximum absolute atomic E-state index is 6.01. The Hall–Kier alpha value is -2.40. The van der Waals surface area contributed by atoms with E-state index in [1.165, 1.54) is 0 Å². The second kappa shape index (κ2) is 7.01. The van der Waals surface area contributed by atoms with Crippen molar-refractivity contribution in [3.8, 4) is 11.3 Å². The van der Waals surface area contributed by atoms with Gasteiger partial charge in [-0.1, -0.05) is 42.7 Å². The highest BCUT2D eigenvalue weighted by Crippen LogP contribution is 2.28. The van der Waals surface area contributed by atoms with Crippen LogP contribution in [0.4, 0.5) is 5.95 Å². The van der Waals surface area contributed by atoms with Crippen molar-refractivity contribution in [1.29, 1.82) is 0 Å². The van der Waals surface area contributed by atoms with E-state index in [4.69, 9.17) is 16.1 Å². The fourth-order valence-electron chi connectivity index (χ4n) is 2.43. The Balaban J connectivity index is 1.84. The van der Waals surface area contributed by atoms with Gasteiger partial charge in [-0.15, -0.1) is 0 Å². The van der Waals surface area contributed by atoms with Crippen LogP contribution in [0.3, 0.4) is 0 Å². The maximum atomic E-state index is 6.01. The van der Waals surface area contributed by atoms with Crippen LogP contribution in [-0.4, -0.2) is 15.1 Å². The fraction of sp³-hybridized carbons (Fsp3) is 0.278. The van der Waals surface area contributed by atoms with E-state index < -0.39 is 0 Å². The highest BCUT2D eigenvalue weighted by Gasteiger charge is 2.16. The smallest absolute Gasteiger partial charge is 0.223 e. The molecule has 0 spiro atoms. The van der Waals surface area contributed by atoms with E-state index in [9.17, 15) is 0 Å². The van der Waals surface area contributed by atoms with Gasteiger partial charge in [0.2, 0.25) is 5.95 Å². The summed E-state index contributed by atoms with van der Waals surface area (Å²) < 4.78 is 5.36. The minimum atomic E-state index is 0.236. The minimum absolute atomic E-state index is 0.236.